The molecule has 0 aromatic heterocycles. The summed E-state index contributed by atoms with van der Waals surface area (Å²) in [5.41, 5.74) is 0. The molecule has 0 bridgehead atoms. The number of ether oxygens (including phenoxy) is 1. The zero-order chi connectivity index (χ0) is 21.3. The van der Waals surface area contributed by atoms with Crippen molar-refractivity contribution in [2.45, 2.75) is 123 Å². The molecular weight excluding hydrogens is 352 g/mol. The molecule has 0 rings (SSSR count). The number of aliphatic hydroxyl groups is 2. The van der Waals surface area contributed by atoms with Crippen molar-refractivity contribution in [2.75, 3.05) is 13.2 Å². The molecule has 28 heavy (non-hydrogen) atoms. The van der Waals surface area contributed by atoms with Crippen LogP contribution in [0.15, 0.2) is 12.7 Å². The first-order chi connectivity index (χ1) is 13.6. The predicted molar refractivity (Wildman–Crippen MR) is 119 cm³/mol. The van der Waals surface area contributed by atoms with Crippen LogP contribution in [0, 0.1) is 0 Å². The van der Waals surface area contributed by atoms with Crippen molar-refractivity contribution in [3.63, 3.8) is 0 Å². The van der Waals surface area contributed by atoms with Crippen LogP contribution in [0.4, 0.5) is 0 Å². The Hall–Kier alpha value is -0.870. The topological polar surface area (TPSA) is 66.8 Å². The summed E-state index contributed by atoms with van der Waals surface area (Å²) >= 11 is 0. The molecule has 4 nitrogen and oxygen atoms in total. The van der Waals surface area contributed by atoms with Crippen LogP contribution in [-0.4, -0.2) is 35.5 Å². The van der Waals surface area contributed by atoms with E-state index in [1.54, 1.807) is 6.08 Å². The molecule has 0 aliphatic rings. The summed E-state index contributed by atoms with van der Waals surface area (Å²) in [5, 5.41) is 17.7. The highest BCUT2D eigenvalue weighted by Crippen LogP contribution is 2.13. The molecule has 0 saturated carbocycles. The molecule has 4 heteroatoms. The van der Waals surface area contributed by atoms with Crippen LogP contribution in [0.5, 0.6) is 0 Å². The summed E-state index contributed by atoms with van der Waals surface area (Å²) in [6.07, 6.45) is 20.8. The molecule has 0 aromatic carbocycles. The Balaban J connectivity index is 0. The van der Waals surface area contributed by atoms with Crippen molar-refractivity contribution in [3.8, 4) is 0 Å². The molecule has 0 spiro atoms. The lowest BCUT2D eigenvalue weighted by Gasteiger charge is -2.08. The van der Waals surface area contributed by atoms with E-state index < -0.39 is 6.10 Å². The maximum atomic E-state index is 11.4. The van der Waals surface area contributed by atoms with Crippen molar-refractivity contribution >= 4 is 5.97 Å². The van der Waals surface area contributed by atoms with Gasteiger partial charge < -0.3 is 14.9 Å². The van der Waals surface area contributed by atoms with Gasteiger partial charge in [-0.2, -0.15) is 0 Å². The summed E-state index contributed by atoms with van der Waals surface area (Å²) in [4.78, 5) is 11.4. The summed E-state index contributed by atoms with van der Waals surface area (Å²) in [7, 11) is 0. The summed E-state index contributed by atoms with van der Waals surface area (Å²) < 4.78 is 4.86. The van der Waals surface area contributed by atoms with Crippen molar-refractivity contribution < 1.29 is 19.7 Å². The Morgan fingerprint density at radius 1 is 0.857 bits per heavy atom. The molecule has 1 unspecified atom stereocenters. The third-order valence-electron chi connectivity index (χ3n) is 4.63. The zero-order valence-electron chi connectivity index (χ0n) is 18.8. The fourth-order valence-corrected chi connectivity index (χ4v) is 2.95. The molecular formula is C24H48O4. The van der Waals surface area contributed by atoms with E-state index in [1.165, 1.54) is 83.5 Å². The van der Waals surface area contributed by atoms with Gasteiger partial charge in [0.25, 0.3) is 0 Å². The molecule has 0 aliphatic carbocycles. The highest BCUT2D eigenvalue weighted by Gasteiger charge is 2.07. The number of hydrogen-bond acceptors (Lipinski definition) is 4. The third kappa shape index (κ3) is 27.3. The van der Waals surface area contributed by atoms with Gasteiger partial charge in [-0.1, -0.05) is 103 Å². The number of allylic oxidation sites excluding steroid dienone is 1. The van der Waals surface area contributed by atoms with Gasteiger partial charge in [-0.05, 0) is 13.3 Å². The van der Waals surface area contributed by atoms with Crippen molar-refractivity contribution in [1.82, 2.24) is 0 Å². The van der Waals surface area contributed by atoms with Crippen LogP contribution in [0.3, 0.4) is 0 Å². The SMILES string of the molecule is C=CC.CCCCCCCCCCCCCCCCCC(=O)OCC(O)CO. The Morgan fingerprint density at radius 2 is 1.21 bits per heavy atom. The van der Waals surface area contributed by atoms with Crippen LogP contribution >= 0.6 is 0 Å². The molecule has 0 amide bonds. The van der Waals surface area contributed by atoms with Gasteiger partial charge >= 0.3 is 5.97 Å². The average molecular weight is 401 g/mol. The summed E-state index contributed by atoms with van der Waals surface area (Å²) in [5.74, 6) is -0.276. The lowest BCUT2D eigenvalue weighted by Crippen LogP contribution is -2.21. The number of unbranched alkanes of at least 4 members (excludes halogenated alkanes) is 14. The van der Waals surface area contributed by atoms with Gasteiger partial charge in [-0.3, -0.25) is 4.79 Å². The van der Waals surface area contributed by atoms with Gasteiger partial charge in [0, 0.05) is 6.42 Å². The van der Waals surface area contributed by atoms with Crippen molar-refractivity contribution in [1.29, 1.82) is 0 Å². The van der Waals surface area contributed by atoms with Gasteiger partial charge in [-0.25, -0.2) is 0 Å². The Kier molecular flexibility index (Phi) is 27.4. The second-order valence-corrected chi connectivity index (χ2v) is 7.63. The second kappa shape index (κ2) is 26.1. The monoisotopic (exact) mass is 400 g/mol. The fourth-order valence-electron chi connectivity index (χ4n) is 2.95. The van der Waals surface area contributed by atoms with E-state index >= 15 is 0 Å². The normalized spacial score (nSPS) is 11.4. The van der Waals surface area contributed by atoms with Gasteiger partial charge in [0.2, 0.25) is 0 Å². The maximum Gasteiger partial charge on any atom is 0.305 e. The van der Waals surface area contributed by atoms with E-state index in [1.807, 2.05) is 6.92 Å². The number of hydrogen-bond donors (Lipinski definition) is 2. The molecule has 0 saturated heterocycles. The van der Waals surface area contributed by atoms with E-state index in [4.69, 9.17) is 14.9 Å². The second-order valence-electron chi connectivity index (χ2n) is 7.63. The molecule has 0 aliphatic heterocycles. The molecule has 168 valence electrons. The molecule has 0 aromatic rings. The number of esters is 1. The van der Waals surface area contributed by atoms with Crippen LogP contribution < -0.4 is 0 Å². The van der Waals surface area contributed by atoms with Gasteiger partial charge in [-0.15, -0.1) is 6.58 Å². The van der Waals surface area contributed by atoms with Crippen LogP contribution in [0.25, 0.3) is 0 Å². The minimum Gasteiger partial charge on any atom is -0.463 e. The van der Waals surface area contributed by atoms with E-state index in [2.05, 4.69) is 13.5 Å². The van der Waals surface area contributed by atoms with Gasteiger partial charge in [0.05, 0.1) is 6.61 Å². The van der Waals surface area contributed by atoms with E-state index in [0.29, 0.717) is 6.42 Å². The molecule has 0 fully saturated rings. The first-order valence-corrected chi connectivity index (χ1v) is 11.6. The smallest absolute Gasteiger partial charge is 0.305 e. The van der Waals surface area contributed by atoms with Crippen LogP contribution in [-0.2, 0) is 9.53 Å². The predicted octanol–water partition coefficient (Wildman–Crippen LogP) is 6.34. The number of carbonyl (C=O) groups excluding carboxylic acids is 1. The highest BCUT2D eigenvalue weighted by molar-refractivity contribution is 5.69. The first kappa shape index (κ1) is 29.3. The minimum atomic E-state index is -0.954. The van der Waals surface area contributed by atoms with Crippen molar-refractivity contribution in [3.05, 3.63) is 12.7 Å². The third-order valence-corrected chi connectivity index (χ3v) is 4.63. The largest absolute Gasteiger partial charge is 0.463 e. The molecule has 2 N–H and O–H groups in total. The zero-order valence-corrected chi connectivity index (χ0v) is 18.8. The number of rotatable bonds is 19. The number of carbonyl (C=O) groups is 1. The Bertz CT molecular complexity index is 318. The standard InChI is InChI=1S/C21H42O4.C3H6/c1-2-3-4-5-6-7-8-9-10-11-12-13-14-15-16-17-21(24)25-19-20(23)18-22;1-3-2/h20,22-23H,2-19H2,1H3;3H,1H2,2H3. The summed E-state index contributed by atoms with van der Waals surface area (Å²) in [6.45, 7) is 7.04. The van der Waals surface area contributed by atoms with Crippen LogP contribution in [0.1, 0.15) is 117 Å². The highest BCUT2D eigenvalue weighted by atomic mass is 16.5. The Labute approximate surface area is 174 Å². The molecule has 1 atom stereocenters. The van der Waals surface area contributed by atoms with Gasteiger partial charge in [0.15, 0.2) is 0 Å². The lowest BCUT2D eigenvalue weighted by atomic mass is 10.0. The Morgan fingerprint density at radius 3 is 1.57 bits per heavy atom. The first-order valence-electron chi connectivity index (χ1n) is 11.6. The van der Waals surface area contributed by atoms with E-state index in [-0.39, 0.29) is 19.2 Å². The molecule has 0 heterocycles. The minimum absolute atomic E-state index is 0.103. The van der Waals surface area contributed by atoms with Gasteiger partial charge in [0.1, 0.15) is 12.7 Å². The fraction of sp³-hybridized carbons (Fsp3) is 0.875. The average Bonchev–Trinajstić information content (AvgIpc) is 2.69. The quantitative estimate of drug-likeness (QED) is 0.151. The summed E-state index contributed by atoms with van der Waals surface area (Å²) in [6, 6.07) is 0. The van der Waals surface area contributed by atoms with E-state index in [9.17, 15) is 4.79 Å². The van der Waals surface area contributed by atoms with E-state index in [0.717, 1.165) is 12.8 Å². The lowest BCUT2D eigenvalue weighted by molar-refractivity contribution is -0.147. The van der Waals surface area contributed by atoms with Crippen LogP contribution in [0.2, 0.25) is 0 Å². The van der Waals surface area contributed by atoms with Crippen molar-refractivity contribution in [2.24, 2.45) is 0 Å². The molecule has 0 radical (unpaired) electrons. The number of aliphatic hydroxyl groups excluding tert-OH is 2. The maximum absolute atomic E-state index is 11.4.